The van der Waals surface area contributed by atoms with Gasteiger partial charge >= 0.3 is 0 Å². The number of hydrogen-bond donors (Lipinski definition) is 1. The molecule has 3 heterocycles. The van der Waals surface area contributed by atoms with Gasteiger partial charge in [-0.3, -0.25) is 14.6 Å². The number of nitrogens with zero attached hydrogens (tertiary/aromatic N) is 4. The number of benzene rings is 1. The van der Waals surface area contributed by atoms with Gasteiger partial charge in [-0.05, 0) is 31.0 Å². The van der Waals surface area contributed by atoms with Crippen LogP contribution in [0, 0.1) is 5.92 Å². The molecule has 0 radical (unpaired) electrons. The van der Waals surface area contributed by atoms with E-state index in [0.29, 0.717) is 17.3 Å². The van der Waals surface area contributed by atoms with Crippen molar-refractivity contribution in [3.05, 3.63) is 66.4 Å². The van der Waals surface area contributed by atoms with Crippen LogP contribution in [-0.2, 0) is 17.9 Å². The second-order valence-corrected chi connectivity index (χ2v) is 7.36. The highest BCUT2D eigenvalue weighted by Crippen LogP contribution is 2.35. The van der Waals surface area contributed by atoms with E-state index in [1.165, 1.54) is 0 Å². The van der Waals surface area contributed by atoms with E-state index >= 15 is 0 Å². The normalized spacial score (nSPS) is 13.5. The summed E-state index contributed by atoms with van der Waals surface area (Å²) in [7, 11) is 0. The Bertz CT molecular complexity index is 1220. The summed E-state index contributed by atoms with van der Waals surface area (Å²) < 4.78 is 7.02. The molecule has 1 amide bonds. The van der Waals surface area contributed by atoms with Crippen LogP contribution in [-0.4, -0.2) is 31.4 Å². The summed E-state index contributed by atoms with van der Waals surface area (Å²) in [6.45, 7) is 0.223. The molecule has 1 aromatic carbocycles. The Labute approximate surface area is 171 Å². The van der Waals surface area contributed by atoms with Gasteiger partial charge in [0.15, 0.2) is 5.78 Å². The number of para-hydroxylation sites is 1. The highest BCUT2D eigenvalue weighted by atomic mass is 16.5. The van der Waals surface area contributed by atoms with Gasteiger partial charge in [0.1, 0.15) is 6.54 Å². The highest BCUT2D eigenvalue weighted by molar-refractivity contribution is 6.10. The van der Waals surface area contributed by atoms with Gasteiger partial charge in [-0.2, -0.15) is 4.98 Å². The standard InChI is InChI=1S/C22H19N5O3/c28-19(24-11-20-25-22(26-30-20)15-4-3-9-23-10-15)13-27-12-17(21(29)14-7-8-14)16-5-1-2-6-18(16)27/h1-6,9-10,12,14H,7-8,11,13H2,(H,24,28). The molecule has 1 aliphatic carbocycles. The molecule has 1 aliphatic rings. The number of carbonyl (C=O) groups excluding carboxylic acids is 2. The van der Waals surface area contributed by atoms with Crippen molar-refractivity contribution < 1.29 is 14.1 Å². The summed E-state index contributed by atoms with van der Waals surface area (Å²) in [5, 5.41) is 7.60. The number of rotatable bonds is 7. The van der Waals surface area contributed by atoms with Crippen molar-refractivity contribution in [1.82, 2.24) is 25.0 Å². The lowest BCUT2D eigenvalue weighted by Gasteiger charge is -2.05. The monoisotopic (exact) mass is 401 g/mol. The molecule has 0 unspecified atom stereocenters. The molecule has 8 nitrogen and oxygen atoms in total. The minimum absolute atomic E-state index is 0.0993. The van der Waals surface area contributed by atoms with Crippen LogP contribution < -0.4 is 5.32 Å². The summed E-state index contributed by atoms with van der Waals surface area (Å²) in [6.07, 6.45) is 7.00. The smallest absolute Gasteiger partial charge is 0.246 e. The number of Topliss-reactive ketones (excluding diaryl/α,β-unsaturated/α-hetero) is 1. The largest absolute Gasteiger partial charge is 0.345 e. The van der Waals surface area contributed by atoms with Gasteiger partial charge in [-0.25, -0.2) is 0 Å². The topological polar surface area (TPSA) is 103 Å². The fourth-order valence-corrected chi connectivity index (χ4v) is 3.46. The van der Waals surface area contributed by atoms with E-state index in [0.717, 1.165) is 29.3 Å². The van der Waals surface area contributed by atoms with Crippen LogP contribution in [0.3, 0.4) is 0 Å². The van der Waals surface area contributed by atoms with E-state index in [-0.39, 0.29) is 30.7 Å². The van der Waals surface area contributed by atoms with Crippen LogP contribution in [0.15, 0.2) is 59.5 Å². The number of fused-ring (bicyclic) bond motifs is 1. The first-order chi connectivity index (χ1) is 14.7. The Kier molecular flexibility index (Phi) is 4.59. The number of amides is 1. The minimum atomic E-state index is -0.206. The number of ketones is 1. The molecular formula is C22H19N5O3. The molecule has 3 aromatic heterocycles. The van der Waals surface area contributed by atoms with Gasteiger partial charge in [-0.1, -0.05) is 23.4 Å². The predicted molar refractivity (Wildman–Crippen MR) is 108 cm³/mol. The van der Waals surface area contributed by atoms with Gasteiger partial charge < -0.3 is 14.4 Å². The first-order valence-electron chi connectivity index (χ1n) is 9.81. The fraction of sp³-hybridized carbons (Fsp3) is 0.227. The molecular weight excluding hydrogens is 382 g/mol. The lowest BCUT2D eigenvalue weighted by molar-refractivity contribution is -0.121. The van der Waals surface area contributed by atoms with Gasteiger partial charge in [0.05, 0.1) is 6.54 Å². The van der Waals surface area contributed by atoms with Gasteiger partial charge in [-0.15, -0.1) is 0 Å². The molecule has 8 heteroatoms. The van der Waals surface area contributed by atoms with E-state index in [4.69, 9.17) is 4.52 Å². The third-order valence-corrected chi connectivity index (χ3v) is 5.14. The maximum Gasteiger partial charge on any atom is 0.246 e. The third-order valence-electron chi connectivity index (χ3n) is 5.14. The second kappa shape index (κ2) is 7.55. The average Bonchev–Trinajstić information content (AvgIpc) is 3.42. The molecule has 0 saturated heterocycles. The summed E-state index contributed by atoms with van der Waals surface area (Å²) in [5.74, 6) is 0.822. The lowest BCUT2D eigenvalue weighted by Crippen LogP contribution is -2.27. The van der Waals surface area contributed by atoms with E-state index in [9.17, 15) is 9.59 Å². The SMILES string of the molecule is O=C(Cn1cc(C(=O)C2CC2)c2ccccc21)NCc1nc(-c2cccnc2)no1. The van der Waals surface area contributed by atoms with Crippen LogP contribution in [0.2, 0.25) is 0 Å². The van der Waals surface area contributed by atoms with Gasteiger partial charge in [0.2, 0.25) is 17.6 Å². The van der Waals surface area contributed by atoms with Crippen molar-refractivity contribution in [2.75, 3.05) is 0 Å². The van der Waals surface area contributed by atoms with Gasteiger partial charge in [0.25, 0.3) is 0 Å². The van der Waals surface area contributed by atoms with Crippen LogP contribution in [0.25, 0.3) is 22.3 Å². The predicted octanol–water partition coefficient (Wildman–Crippen LogP) is 3.00. The molecule has 150 valence electrons. The zero-order valence-electron chi connectivity index (χ0n) is 16.1. The minimum Gasteiger partial charge on any atom is -0.345 e. The number of hydrogen-bond acceptors (Lipinski definition) is 6. The summed E-state index contributed by atoms with van der Waals surface area (Å²) in [5.41, 5.74) is 2.30. The molecule has 4 aromatic rings. The average molecular weight is 401 g/mol. The molecule has 1 fully saturated rings. The van der Waals surface area contributed by atoms with E-state index < -0.39 is 0 Å². The summed E-state index contributed by atoms with van der Waals surface area (Å²) in [4.78, 5) is 33.4. The molecule has 0 spiro atoms. The summed E-state index contributed by atoms with van der Waals surface area (Å²) in [6, 6.07) is 11.3. The highest BCUT2D eigenvalue weighted by Gasteiger charge is 2.32. The number of carbonyl (C=O) groups is 2. The Hall–Kier alpha value is -3.81. The maximum absolute atomic E-state index is 12.6. The number of pyridine rings is 1. The van der Waals surface area contributed by atoms with Crippen molar-refractivity contribution in [1.29, 1.82) is 0 Å². The second-order valence-electron chi connectivity index (χ2n) is 7.36. The quantitative estimate of drug-likeness (QED) is 0.478. The molecule has 0 aliphatic heterocycles. The molecule has 5 rings (SSSR count). The van der Waals surface area contributed by atoms with Crippen LogP contribution in [0.1, 0.15) is 29.1 Å². The van der Waals surface area contributed by atoms with E-state index in [2.05, 4.69) is 20.4 Å². The first-order valence-corrected chi connectivity index (χ1v) is 9.81. The number of aromatic nitrogens is 4. The fourth-order valence-electron chi connectivity index (χ4n) is 3.46. The van der Waals surface area contributed by atoms with Crippen molar-refractivity contribution >= 4 is 22.6 Å². The van der Waals surface area contributed by atoms with Crippen LogP contribution >= 0.6 is 0 Å². The molecule has 0 bridgehead atoms. The number of nitrogens with one attached hydrogen (secondary N) is 1. The first kappa shape index (κ1) is 18.2. The Morgan fingerprint density at radius 3 is 2.83 bits per heavy atom. The van der Waals surface area contributed by atoms with Crippen molar-refractivity contribution in [3.63, 3.8) is 0 Å². The zero-order valence-corrected chi connectivity index (χ0v) is 16.1. The van der Waals surface area contributed by atoms with Crippen LogP contribution in [0.5, 0.6) is 0 Å². The maximum atomic E-state index is 12.6. The zero-order chi connectivity index (χ0) is 20.5. The Balaban J connectivity index is 1.28. The molecule has 30 heavy (non-hydrogen) atoms. The third kappa shape index (κ3) is 3.59. The van der Waals surface area contributed by atoms with Crippen molar-refractivity contribution in [2.45, 2.75) is 25.9 Å². The Morgan fingerprint density at radius 1 is 1.17 bits per heavy atom. The Morgan fingerprint density at radius 2 is 2.03 bits per heavy atom. The molecule has 0 atom stereocenters. The van der Waals surface area contributed by atoms with E-state index in [1.807, 2.05) is 34.9 Å². The summed E-state index contributed by atoms with van der Waals surface area (Å²) >= 11 is 0. The van der Waals surface area contributed by atoms with Gasteiger partial charge in [0, 0.05) is 46.5 Å². The van der Waals surface area contributed by atoms with E-state index in [1.54, 1.807) is 24.7 Å². The lowest BCUT2D eigenvalue weighted by atomic mass is 10.1. The molecule has 1 saturated carbocycles. The van der Waals surface area contributed by atoms with Crippen molar-refractivity contribution in [2.24, 2.45) is 5.92 Å². The van der Waals surface area contributed by atoms with Crippen LogP contribution in [0.4, 0.5) is 0 Å². The molecule has 1 N–H and O–H groups in total. The van der Waals surface area contributed by atoms with Crippen molar-refractivity contribution in [3.8, 4) is 11.4 Å².